The molecule has 2 N–H and O–H groups in total. The Morgan fingerprint density at radius 2 is 1.93 bits per heavy atom. The van der Waals surface area contributed by atoms with Crippen LogP contribution in [0.2, 0.25) is 0 Å². The van der Waals surface area contributed by atoms with Crippen LogP contribution in [0.15, 0.2) is 12.2 Å². The van der Waals surface area contributed by atoms with Gasteiger partial charge in [-0.05, 0) is 12.8 Å². The first kappa shape index (κ1) is 10.8. The fraction of sp³-hybridized carbons (Fsp3) is 0.600. The summed E-state index contributed by atoms with van der Waals surface area (Å²) < 4.78 is 0. The Labute approximate surface area is 83.8 Å². The van der Waals surface area contributed by atoms with Gasteiger partial charge in [0, 0.05) is 20.0 Å². The Balaban J connectivity index is 2.65. The molecule has 0 aliphatic heterocycles. The van der Waals surface area contributed by atoms with E-state index < -0.39 is 0 Å². The molecule has 0 saturated heterocycles. The number of amides is 2. The fourth-order valence-corrected chi connectivity index (χ4v) is 1.71. The molecule has 1 aliphatic carbocycles. The van der Waals surface area contributed by atoms with Gasteiger partial charge in [-0.15, -0.1) is 0 Å². The number of hydrogen-bond donors (Lipinski definition) is 2. The third kappa shape index (κ3) is 2.58. The van der Waals surface area contributed by atoms with Crippen LogP contribution in [0.4, 0.5) is 0 Å². The zero-order chi connectivity index (χ0) is 10.6. The summed E-state index contributed by atoms with van der Waals surface area (Å²) >= 11 is 0. The summed E-state index contributed by atoms with van der Waals surface area (Å²) in [4.78, 5) is 22.4. The molecular formula is C10H16N2O2. The minimum atomic E-state index is -0.131. The van der Waals surface area contributed by atoms with E-state index in [0.29, 0.717) is 6.42 Å². The molecule has 0 fully saturated rings. The van der Waals surface area contributed by atoms with E-state index in [-0.39, 0.29) is 23.8 Å². The normalized spacial score (nSPS) is 25.6. The average Bonchev–Trinajstić information content (AvgIpc) is 2.16. The van der Waals surface area contributed by atoms with Gasteiger partial charge >= 0.3 is 0 Å². The quantitative estimate of drug-likeness (QED) is 0.620. The van der Waals surface area contributed by atoms with Crippen molar-refractivity contribution in [3.05, 3.63) is 12.2 Å². The van der Waals surface area contributed by atoms with Crippen molar-refractivity contribution in [2.45, 2.75) is 25.8 Å². The third-order valence-corrected chi connectivity index (χ3v) is 2.40. The molecule has 2 amide bonds. The first-order chi connectivity index (χ1) is 6.65. The van der Waals surface area contributed by atoms with Gasteiger partial charge in [0.1, 0.15) is 0 Å². The molecule has 1 rings (SSSR count). The molecule has 0 radical (unpaired) electrons. The highest BCUT2D eigenvalue weighted by molar-refractivity contribution is 5.81. The molecule has 2 atom stereocenters. The Morgan fingerprint density at radius 1 is 1.29 bits per heavy atom. The summed E-state index contributed by atoms with van der Waals surface area (Å²) in [6.07, 6.45) is 5.42. The zero-order valence-corrected chi connectivity index (χ0v) is 8.54. The summed E-state index contributed by atoms with van der Waals surface area (Å²) in [7, 11) is 1.62. The van der Waals surface area contributed by atoms with Gasteiger partial charge < -0.3 is 10.6 Å². The van der Waals surface area contributed by atoms with Crippen molar-refractivity contribution < 1.29 is 9.59 Å². The van der Waals surface area contributed by atoms with Crippen LogP contribution in [0.25, 0.3) is 0 Å². The van der Waals surface area contributed by atoms with E-state index in [1.54, 1.807) is 7.05 Å². The van der Waals surface area contributed by atoms with Crippen molar-refractivity contribution in [3.63, 3.8) is 0 Å². The SMILES string of the molecule is CNC(=O)[C@H]1CC=CC[C@H]1NC(C)=O. The van der Waals surface area contributed by atoms with E-state index in [1.165, 1.54) is 6.92 Å². The number of carbonyl (C=O) groups is 2. The van der Waals surface area contributed by atoms with Crippen LogP contribution in [-0.4, -0.2) is 24.9 Å². The van der Waals surface area contributed by atoms with Crippen molar-refractivity contribution in [3.8, 4) is 0 Å². The molecule has 4 nitrogen and oxygen atoms in total. The lowest BCUT2D eigenvalue weighted by molar-refractivity contribution is -0.126. The number of rotatable bonds is 2. The highest BCUT2D eigenvalue weighted by Crippen LogP contribution is 2.19. The summed E-state index contributed by atoms with van der Waals surface area (Å²) in [5.74, 6) is -0.221. The second-order valence-corrected chi connectivity index (χ2v) is 3.47. The Bertz CT molecular complexity index is 261. The van der Waals surface area contributed by atoms with Gasteiger partial charge in [0.2, 0.25) is 11.8 Å². The molecular weight excluding hydrogens is 180 g/mol. The first-order valence-electron chi connectivity index (χ1n) is 4.79. The summed E-state index contributed by atoms with van der Waals surface area (Å²) in [6, 6.07) is -0.0579. The molecule has 14 heavy (non-hydrogen) atoms. The van der Waals surface area contributed by atoms with Gasteiger partial charge in [-0.3, -0.25) is 9.59 Å². The largest absolute Gasteiger partial charge is 0.359 e. The van der Waals surface area contributed by atoms with E-state index in [1.807, 2.05) is 12.2 Å². The molecule has 1 aliphatic rings. The lowest BCUT2D eigenvalue weighted by Crippen LogP contribution is -2.46. The van der Waals surface area contributed by atoms with Crippen molar-refractivity contribution >= 4 is 11.8 Å². The van der Waals surface area contributed by atoms with E-state index in [0.717, 1.165) is 6.42 Å². The number of allylic oxidation sites excluding steroid dienone is 1. The second-order valence-electron chi connectivity index (χ2n) is 3.47. The van der Waals surface area contributed by atoms with Crippen LogP contribution in [0.5, 0.6) is 0 Å². The van der Waals surface area contributed by atoms with Crippen LogP contribution >= 0.6 is 0 Å². The van der Waals surface area contributed by atoms with Crippen molar-refractivity contribution in [1.82, 2.24) is 10.6 Å². The molecule has 0 spiro atoms. The number of hydrogen-bond acceptors (Lipinski definition) is 2. The molecule has 0 heterocycles. The predicted molar refractivity (Wildman–Crippen MR) is 53.5 cm³/mol. The zero-order valence-electron chi connectivity index (χ0n) is 8.54. The van der Waals surface area contributed by atoms with Crippen molar-refractivity contribution in [1.29, 1.82) is 0 Å². The van der Waals surface area contributed by atoms with Crippen molar-refractivity contribution in [2.24, 2.45) is 5.92 Å². The number of carbonyl (C=O) groups excluding carboxylic acids is 2. The molecule has 0 bridgehead atoms. The Hall–Kier alpha value is -1.32. The predicted octanol–water partition coefficient (Wildman–Crippen LogP) is 0.203. The molecule has 0 aromatic heterocycles. The topological polar surface area (TPSA) is 58.2 Å². The Kier molecular flexibility index (Phi) is 3.68. The van der Waals surface area contributed by atoms with Gasteiger partial charge in [0.05, 0.1) is 5.92 Å². The summed E-state index contributed by atoms with van der Waals surface area (Å²) in [5, 5.41) is 5.41. The smallest absolute Gasteiger partial charge is 0.225 e. The number of nitrogens with one attached hydrogen (secondary N) is 2. The minimum absolute atomic E-state index is 0.00639. The van der Waals surface area contributed by atoms with E-state index in [9.17, 15) is 9.59 Å². The van der Waals surface area contributed by atoms with Crippen LogP contribution in [0, 0.1) is 5.92 Å². The van der Waals surface area contributed by atoms with Crippen molar-refractivity contribution in [2.75, 3.05) is 7.05 Å². The fourth-order valence-electron chi connectivity index (χ4n) is 1.71. The van der Waals surface area contributed by atoms with E-state index in [4.69, 9.17) is 0 Å². The minimum Gasteiger partial charge on any atom is -0.359 e. The maximum atomic E-state index is 11.5. The lowest BCUT2D eigenvalue weighted by atomic mass is 9.88. The van der Waals surface area contributed by atoms with Gasteiger partial charge in [-0.25, -0.2) is 0 Å². The highest BCUT2D eigenvalue weighted by atomic mass is 16.2. The van der Waals surface area contributed by atoms with Crippen LogP contribution in [0.1, 0.15) is 19.8 Å². The van der Waals surface area contributed by atoms with Gasteiger partial charge in [-0.2, -0.15) is 0 Å². The van der Waals surface area contributed by atoms with E-state index in [2.05, 4.69) is 10.6 Å². The van der Waals surface area contributed by atoms with Gasteiger partial charge in [0.15, 0.2) is 0 Å². The highest BCUT2D eigenvalue weighted by Gasteiger charge is 2.28. The maximum Gasteiger partial charge on any atom is 0.225 e. The van der Waals surface area contributed by atoms with Crippen LogP contribution in [0.3, 0.4) is 0 Å². The van der Waals surface area contributed by atoms with E-state index >= 15 is 0 Å². The van der Waals surface area contributed by atoms with Gasteiger partial charge in [0.25, 0.3) is 0 Å². The standard InChI is InChI=1S/C10H16N2O2/c1-7(13)12-9-6-4-3-5-8(9)10(14)11-2/h3-4,8-9H,5-6H2,1-2H3,(H,11,14)(H,12,13)/t8-,9+/m0/s1. The Morgan fingerprint density at radius 3 is 2.50 bits per heavy atom. The molecule has 4 heteroatoms. The third-order valence-electron chi connectivity index (χ3n) is 2.40. The maximum absolute atomic E-state index is 11.5. The summed E-state index contributed by atoms with van der Waals surface area (Å²) in [6.45, 7) is 1.47. The average molecular weight is 196 g/mol. The molecule has 0 unspecified atom stereocenters. The van der Waals surface area contributed by atoms with Crippen LogP contribution < -0.4 is 10.6 Å². The van der Waals surface area contributed by atoms with Gasteiger partial charge in [-0.1, -0.05) is 12.2 Å². The lowest BCUT2D eigenvalue weighted by Gasteiger charge is -2.27. The summed E-state index contributed by atoms with van der Waals surface area (Å²) in [5.41, 5.74) is 0. The molecule has 0 aromatic rings. The monoisotopic (exact) mass is 196 g/mol. The molecule has 0 saturated carbocycles. The second kappa shape index (κ2) is 4.79. The first-order valence-corrected chi connectivity index (χ1v) is 4.79. The molecule has 78 valence electrons. The molecule has 0 aromatic carbocycles. The van der Waals surface area contributed by atoms with Crippen LogP contribution in [-0.2, 0) is 9.59 Å².